The predicted molar refractivity (Wildman–Crippen MR) is 72.9 cm³/mol. The molecule has 0 unspecified atom stereocenters. The van der Waals surface area contributed by atoms with Gasteiger partial charge < -0.3 is 10.5 Å². The van der Waals surface area contributed by atoms with Crippen LogP contribution in [0.15, 0.2) is 24.3 Å². The van der Waals surface area contributed by atoms with Crippen LogP contribution in [-0.4, -0.2) is 24.0 Å². The third kappa shape index (κ3) is 4.38. The molecule has 6 heteroatoms. The third-order valence-corrected chi connectivity index (χ3v) is 2.60. The largest absolute Gasteiger partial charge is 0.448 e. The van der Waals surface area contributed by atoms with Crippen LogP contribution in [-0.2, 0) is 9.53 Å². The van der Waals surface area contributed by atoms with Crippen LogP contribution in [0.25, 0.3) is 0 Å². The van der Waals surface area contributed by atoms with E-state index in [0.717, 1.165) is 5.56 Å². The summed E-state index contributed by atoms with van der Waals surface area (Å²) in [6.45, 7) is 5.25. The molecule has 0 spiro atoms. The topological polar surface area (TPSA) is 98.5 Å². The van der Waals surface area contributed by atoms with Crippen molar-refractivity contribution in [3.05, 3.63) is 35.4 Å². The van der Waals surface area contributed by atoms with Crippen molar-refractivity contribution in [2.75, 3.05) is 0 Å². The molecule has 0 radical (unpaired) electrons. The summed E-state index contributed by atoms with van der Waals surface area (Å²) in [5.74, 6) is -1.64. The maximum atomic E-state index is 12.0. The van der Waals surface area contributed by atoms with E-state index in [0.29, 0.717) is 5.56 Å². The summed E-state index contributed by atoms with van der Waals surface area (Å²) in [5, 5.41) is 1.92. The van der Waals surface area contributed by atoms with E-state index in [1.54, 1.807) is 32.0 Å². The van der Waals surface area contributed by atoms with Gasteiger partial charge in [0, 0.05) is 0 Å². The van der Waals surface area contributed by atoms with Crippen molar-refractivity contribution in [1.29, 1.82) is 0 Å². The van der Waals surface area contributed by atoms with Gasteiger partial charge in [-0.25, -0.2) is 9.59 Å². The molecule has 0 aliphatic heterocycles. The van der Waals surface area contributed by atoms with Crippen molar-refractivity contribution in [2.45, 2.75) is 26.9 Å². The van der Waals surface area contributed by atoms with Crippen molar-refractivity contribution in [3.8, 4) is 0 Å². The average molecular weight is 278 g/mol. The summed E-state index contributed by atoms with van der Waals surface area (Å²) in [7, 11) is 0. The molecule has 0 bridgehead atoms. The molecule has 3 amide bonds. The standard InChI is InChI=1S/C14H18N2O4/c1-8(2)11(12(17)16-14(15)19)20-13(18)10-6-4-5-9(3)7-10/h4-8,11H,1-3H3,(H3,15,16,17,19)/t11-/m1/s1. The van der Waals surface area contributed by atoms with Crippen LogP contribution in [0.3, 0.4) is 0 Å². The number of carbonyl (C=O) groups excluding carboxylic acids is 3. The number of carbonyl (C=O) groups is 3. The van der Waals surface area contributed by atoms with Crippen molar-refractivity contribution < 1.29 is 19.1 Å². The van der Waals surface area contributed by atoms with E-state index in [2.05, 4.69) is 0 Å². The van der Waals surface area contributed by atoms with Gasteiger partial charge in [-0.1, -0.05) is 31.5 Å². The lowest BCUT2D eigenvalue weighted by Crippen LogP contribution is -2.45. The minimum Gasteiger partial charge on any atom is -0.448 e. The minimum atomic E-state index is -1.07. The molecule has 1 rings (SSSR count). The lowest BCUT2D eigenvalue weighted by Gasteiger charge is -2.19. The zero-order valence-corrected chi connectivity index (χ0v) is 11.7. The van der Waals surface area contributed by atoms with E-state index in [4.69, 9.17) is 10.5 Å². The van der Waals surface area contributed by atoms with Gasteiger partial charge in [0.1, 0.15) is 0 Å². The highest BCUT2D eigenvalue weighted by Crippen LogP contribution is 2.12. The molecule has 0 fully saturated rings. The van der Waals surface area contributed by atoms with E-state index >= 15 is 0 Å². The zero-order chi connectivity index (χ0) is 15.3. The highest BCUT2D eigenvalue weighted by Gasteiger charge is 2.27. The smallest absolute Gasteiger partial charge is 0.338 e. The second kappa shape index (κ2) is 6.70. The number of ether oxygens (including phenoxy) is 1. The fourth-order valence-electron chi connectivity index (χ4n) is 1.64. The van der Waals surface area contributed by atoms with E-state index in [1.165, 1.54) is 0 Å². The van der Waals surface area contributed by atoms with Crippen molar-refractivity contribution >= 4 is 17.9 Å². The minimum absolute atomic E-state index is 0.289. The molecule has 0 aliphatic carbocycles. The van der Waals surface area contributed by atoms with Crippen LogP contribution in [0.1, 0.15) is 29.8 Å². The molecule has 0 aromatic heterocycles. The van der Waals surface area contributed by atoms with Gasteiger partial charge in [-0.15, -0.1) is 0 Å². The molecule has 1 atom stereocenters. The van der Waals surface area contributed by atoms with Gasteiger partial charge in [0.25, 0.3) is 5.91 Å². The number of nitrogens with two attached hydrogens (primary N) is 1. The molecular formula is C14H18N2O4. The number of imide groups is 1. The van der Waals surface area contributed by atoms with Crippen molar-refractivity contribution in [2.24, 2.45) is 11.7 Å². The predicted octanol–water partition coefficient (Wildman–Crippen LogP) is 1.37. The Labute approximate surface area is 117 Å². The van der Waals surface area contributed by atoms with Crippen LogP contribution in [0.2, 0.25) is 0 Å². The first-order chi connectivity index (χ1) is 9.31. The summed E-state index contributed by atoms with van der Waals surface area (Å²) < 4.78 is 5.16. The Kier molecular flexibility index (Phi) is 5.25. The molecule has 108 valence electrons. The van der Waals surface area contributed by atoms with Crippen LogP contribution in [0.5, 0.6) is 0 Å². The van der Waals surface area contributed by atoms with Crippen molar-refractivity contribution in [1.82, 2.24) is 5.32 Å². The highest BCUT2D eigenvalue weighted by atomic mass is 16.5. The lowest BCUT2D eigenvalue weighted by atomic mass is 10.1. The number of amides is 3. The highest BCUT2D eigenvalue weighted by molar-refractivity contribution is 5.98. The zero-order valence-electron chi connectivity index (χ0n) is 11.7. The summed E-state index contributed by atoms with van der Waals surface area (Å²) in [5.41, 5.74) is 6.14. The van der Waals surface area contributed by atoms with Crippen LogP contribution < -0.4 is 11.1 Å². The number of benzene rings is 1. The molecule has 0 saturated carbocycles. The monoisotopic (exact) mass is 278 g/mol. The molecule has 3 N–H and O–H groups in total. The van der Waals surface area contributed by atoms with Gasteiger partial charge in [-0.3, -0.25) is 10.1 Å². The molecule has 6 nitrogen and oxygen atoms in total. The van der Waals surface area contributed by atoms with Crippen LogP contribution >= 0.6 is 0 Å². The first-order valence-electron chi connectivity index (χ1n) is 6.19. The Morgan fingerprint density at radius 1 is 1.25 bits per heavy atom. The summed E-state index contributed by atoms with van der Waals surface area (Å²) in [6, 6.07) is 5.84. The fourth-order valence-corrected chi connectivity index (χ4v) is 1.64. The Morgan fingerprint density at radius 2 is 1.90 bits per heavy atom. The maximum absolute atomic E-state index is 12.0. The van der Waals surface area contributed by atoms with E-state index in [1.807, 2.05) is 18.3 Å². The van der Waals surface area contributed by atoms with Crippen LogP contribution in [0.4, 0.5) is 4.79 Å². The van der Waals surface area contributed by atoms with Gasteiger partial charge in [-0.05, 0) is 25.0 Å². The number of urea groups is 1. The van der Waals surface area contributed by atoms with Crippen molar-refractivity contribution in [3.63, 3.8) is 0 Å². The molecule has 1 aromatic rings. The lowest BCUT2D eigenvalue weighted by molar-refractivity contribution is -0.130. The Hall–Kier alpha value is -2.37. The summed E-state index contributed by atoms with van der Waals surface area (Å²) >= 11 is 0. The average Bonchev–Trinajstić information content (AvgIpc) is 2.34. The number of nitrogens with one attached hydrogen (secondary N) is 1. The van der Waals surface area contributed by atoms with E-state index in [9.17, 15) is 14.4 Å². The number of primary amides is 1. The van der Waals surface area contributed by atoms with Gasteiger partial charge in [-0.2, -0.15) is 0 Å². The summed E-state index contributed by atoms with van der Waals surface area (Å²) in [4.78, 5) is 34.4. The summed E-state index contributed by atoms with van der Waals surface area (Å²) in [6.07, 6.45) is -1.07. The normalized spacial score (nSPS) is 11.8. The van der Waals surface area contributed by atoms with Gasteiger partial charge in [0.15, 0.2) is 6.10 Å². The number of hydrogen-bond acceptors (Lipinski definition) is 4. The molecule has 1 aromatic carbocycles. The van der Waals surface area contributed by atoms with Crippen LogP contribution in [0, 0.1) is 12.8 Å². The SMILES string of the molecule is Cc1cccc(C(=O)O[C@@H](C(=O)NC(N)=O)C(C)C)c1. The fraction of sp³-hybridized carbons (Fsp3) is 0.357. The number of rotatable bonds is 4. The first-order valence-corrected chi connectivity index (χ1v) is 6.19. The first kappa shape index (κ1) is 15.7. The third-order valence-electron chi connectivity index (χ3n) is 2.60. The molecule has 0 heterocycles. The number of aryl methyl sites for hydroxylation is 1. The Bertz CT molecular complexity index is 526. The molecule has 0 saturated heterocycles. The van der Waals surface area contributed by atoms with E-state index in [-0.39, 0.29) is 5.92 Å². The van der Waals surface area contributed by atoms with Gasteiger partial charge >= 0.3 is 12.0 Å². The van der Waals surface area contributed by atoms with Gasteiger partial charge in [0.2, 0.25) is 0 Å². The quantitative estimate of drug-likeness (QED) is 0.812. The Morgan fingerprint density at radius 3 is 2.40 bits per heavy atom. The van der Waals surface area contributed by atoms with E-state index < -0.39 is 24.0 Å². The second-order valence-electron chi connectivity index (χ2n) is 4.79. The molecule has 0 aliphatic rings. The maximum Gasteiger partial charge on any atom is 0.338 e. The Balaban J connectivity index is 2.83. The molecular weight excluding hydrogens is 260 g/mol. The number of hydrogen-bond donors (Lipinski definition) is 2. The van der Waals surface area contributed by atoms with Gasteiger partial charge in [0.05, 0.1) is 5.56 Å². The number of esters is 1. The second-order valence-corrected chi connectivity index (χ2v) is 4.79. The molecule has 20 heavy (non-hydrogen) atoms.